The van der Waals surface area contributed by atoms with Crippen LogP contribution in [-0.4, -0.2) is 34.9 Å². The first-order valence-electron chi connectivity index (χ1n) is 7.37. The van der Waals surface area contributed by atoms with E-state index in [0.717, 1.165) is 17.9 Å². The van der Waals surface area contributed by atoms with Crippen molar-refractivity contribution in [2.45, 2.75) is 23.7 Å². The molecular formula is C15H13N7OS. The summed E-state index contributed by atoms with van der Waals surface area (Å²) in [5, 5.41) is 12.6. The molecule has 9 heteroatoms. The molecule has 0 atom stereocenters. The van der Waals surface area contributed by atoms with E-state index >= 15 is 0 Å². The van der Waals surface area contributed by atoms with E-state index in [9.17, 15) is 4.79 Å². The van der Waals surface area contributed by atoms with Gasteiger partial charge in [0.15, 0.2) is 10.8 Å². The van der Waals surface area contributed by atoms with Crippen molar-refractivity contribution in [1.29, 1.82) is 0 Å². The zero-order chi connectivity index (χ0) is 16.5. The van der Waals surface area contributed by atoms with Gasteiger partial charge in [0, 0.05) is 6.42 Å². The number of hydrogen-bond donors (Lipinski definition) is 2. The number of fused-ring (bicyclic) bond motifs is 1. The maximum absolute atomic E-state index is 12.3. The van der Waals surface area contributed by atoms with E-state index in [4.69, 9.17) is 0 Å². The SMILES string of the molecule is CCc1nc(Sc2nc3c(cnn3-c3ccccc3)c(=O)[nH]2)n[nH]1. The van der Waals surface area contributed by atoms with E-state index in [-0.39, 0.29) is 5.56 Å². The van der Waals surface area contributed by atoms with E-state index in [1.165, 1.54) is 18.0 Å². The second-order valence-corrected chi connectivity index (χ2v) is 5.98. The number of aryl methyl sites for hydroxylation is 1. The van der Waals surface area contributed by atoms with E-state index < -0.39 is 0 Å². The molecule has 0 saturated carbocycles. The molecule has 0 spiro atoms. The maximum atomic E-state index is 12.3. The smallest absolute Gasteiger partial charge is 0.262 e. The number of aromatic nitrogens is 7. The molecule has 0 aliphatic heterocycles. The van der Waals surface area contributed by atoms with Crippen molar-refractivity contribution < 1.29 is 0 Å². The Kier molecular flexibility index (Phi) is 3.62. The highest BCUT2D eigenvalue weighted by Crippen LogP contribution is 2.22. The summed E-state index contributed by atoms with van der Waals surface area (Å²) in [6, 6.07) is 9.55. The molecule has 0 unspecified atom stereocenters. The Bertz CT molecular complexity index is 1050. The lowest BCUT2D eigenvalue weighted by Gasteiger charge is -2.03. The summed E-state index contributed by atoms with van der Waals surface area (Å²) >= 11 is 1.20. The van der Waals surface area contributed by atoms with Gasteiger partial charge in [-0.1, -0.05) is 25.1 Å². The summed E-state index contributed by atoms with van der Waals surface area (Å²) in [7, 11) is 0. The zero-order valence-corrected chi connectivity index (χ0v) is 13.5. The lowest BCUT2D eigenvalue weighted by atomic mass is 10.3. The van der Waals surface area contributed by atoms with Crippen molar-refractivity contribution >= 4 is 22.8 Å². The van der Waals surface area contributed by atoms with Crippen LogP contribution < -0.4 is 5.56 Å². The maximum Gasteiger partial charge on any atom is 0.262 e. The molecule has 0 fully saturated rings. The second-order valence-electron chi connectivity index (χ2n) is 5.02. The van der Waals surface area contributed by atoms with Crippen molar-refractivity contribution in [3.63, 3.8) is 0 Å². The third-order valence-electron chi connectivity index (χ3n) is 3.45. The lowest BCUT2D eigenvalue weighted by Crippen LogP contribution is -2.09. The molecule has 4 aromatic rings. The van der Waals surface area contributed by atoms with Gasteiger partial charge >= 0.3 is 0 Å². The normalized spacial score (nSPS) is 11.2. The quantitative estimate of drug-likeness (QED) is 0.551. The van der Waals surface area contributed by atoms with Gasteiger partial charge in [-0.3, -0.25) is 9.89 Å². The van der Waals surface area contributed by atoms with Gasteiger partial charge in [0.05, 0.1) is 11.9 Å². The average Bonchev–Trinajstić information content (AvgIpc) is 3.22. The highest BCUT2D eigenvalue weighted by atomic mass is 32.2. The van der Waals surface area contributed by atoms with E-state index in [1.54, 1.807) is 4.68 Å². The molecule has 2 N–H and O–H groups in total. The van der Waals surface area contributed by atoms with Crippen molar-refractivity contribution in [2.24, 2.45) is 0 Å². The molecule has 4 rings (SSSR count). The first-order valence-corrected chi connectivity index (χ1v) is 8.19. The van der Waals surface area contributed by atoms with Gasteiger partial charge in [0.2, 0.25) is 5.16 Å². The van der Waals surface area contributed by atoms with E-state index in [0.29, 0.717) is 21.3 Å². The Labute approximate surface area is 140 Å². The van der Waals surface area contributed by atoms with Gasteiger partial charge in [0.25, 0.3) is 5.56 Å². The minimum absolute atomic E-state index is 0.240. The predicted octanol–water partition coefficient (Wildman–Crippen LogP) is 1.94. The number of hydrogen-bond acceptors (Lipinski definition) is 6. The van der Waals surface area contributed by atoms with E-state index in [1.807, 2.05) is 37.3 Å². The monoisotopic (exact) mass is 339 g/mol. The first kappa shape index (κ1) is 14.6. The highest BCUT2D eigenvalue weighted by Gasteiger charge is 2.13. The largest absolute Gasteiger partial charge is 0.300 e. The van der Waals surface area contributed by atoms with Crippen LogP contribution in [0.3, 0.4) is 0 Å². The highest BCUT2D eigenvalue weighted by molar-refractivity contribution is 7.99. The molecular weight excluding hydrogens is 326 g/mol. The lowest BCUT2D eigenvalue weighted by molar-refractivity contribution is 0.869. The standard InChI is InChI=1S/C15H13N7OS/c1-2-11-17-15(21-20-11)24-14-18-12-10(13(23)19-14)8-16-22(12)9-6-4-3-5-7-9/h3-8H,2H2,1H3,(H,17,20,21)(H,18,19,23). The minimum Gasteiger partial charge on any atom is -0.300 e. The predicted molar refractivity (Wildman–Crippen MR) is 89.4 cm³/mol. The number of rotatable bonds is 4. The van der Waals surface area contributed by atoms with Crippen LogP contribution in [0.5, 0.6) is 0 Å². The summed E-state index contributed by atoms with van der Waals surface area (Å²) < 4.78 is 1.64. The van der Waals surface area contributed by atoms with Gasteiger partial charge in [-0.15, -0.1) is 5.10 Å². The Hall–Kier alpha value is -2.94. The fraction of sp³-hybridized carbons (Fsp3) is 0.133. The number of benzene rings is 1. The van der Waals surface area contributed by atoms with Crippen LogP contribution in [0.1, 0.15) is 12.7 Å². The van der Waals surface area contributed by atoms with Crippen LogP contribution in [0, 0.1) is 0 Å². The molecule has 0 aliphatic carbocycles. The third kappa shape index (κ3) is 2.58. The van der Waals surface area contributed by atoms with Gasteiger partial charge in [-0.2, -0.15) is 5.10 Å². The molecule has 0 bridgehead atoms. The summed E-state index contributed by atoms with van der Waals surface area (Å²) in [4.78, 5) is 23.9. The molecule has 3 aromatic heterocycles. The zero-order valence-electron chi connectivity index (χ0n) is 12.7. The van der Waals surface area contributed by atoms with Crippen LogP contribution in [0.25, 0.3) is 16.7 Å². The number of nitrogens with one attached hydrogen (secondary N) is 2. The molecule has 0 saturated heterocycles. The summed E-state index contributed by atoms with van der Waals surface area (Å²) in [5.74, 6) is 0.787. The molecule has 0 radical (unpaired) electrons. The molecule has 8 nitrogen and oxygen atoms in total. The van der Waals surface area contributed by atoms with Crippen LogP contribution in [-0.2, 0) is 6.42 Å². The fourth-order valence-corrected chi connectivity index (χ4v) is 2.97. The molecule has 24 heavy (non-hydrogen) atoms. The van der Waals surface area contributed by atoms with Gasteiger partial charge in [-0.25, -0.2) is 14.6 Å². The molecule has 120 valence electrons. The van der Waals surface area contributed by atoms with Crippen molar-refractivity contribution in [3.8, 4) is 5.69 Å². The van der Waals surface area contributed by atoms with Gasteiger partial charge < -0.3 is 4.98 Å². The van der Waals surface area contributed by atoms with Crippen LogP contribution in [0.4, 0.5) is 0 Å². The first-order chi connectivity index (χ1) is 11.7. The van der Waals surface area contributed by atoms with Gasteiger partial charge in [0.1, 0.15) is 11.2 Å². The molecule has 0 amide bonds. The third-order valence-corrected chi connectivity index (χ3v) is 4.20. The Morgan fingerprint density at radius 2 is 2.04 bits per heavy atom. The van der Waals surface area contributed by atoms with Crippen LogP contribution >= 0.6 is 11.8 Å². The summed E-state index contributed by atoms with van der Waals surface area (Å²) in [6.45, 7) is 1.99. The number of para-hydroxylation sites is 1. The average molecular weight is 339 g/mol. The van der Waals surface area contributed by atoms with Crippen molar-refractivity contribution in [1.82, 2.24) is 34.9 Å². The second kappa shape index (κ2) is 5.93. The number of nitrogens with zero attached hydrogens (tertiary/aromatic N) is 5. The van der Waals surface area contributed by atoms with E-state index in [2.05, 4.69) is 30.2 Å². The van der Waals surface area contributed by atoms with Crippen LogP contribution in [0.2, 0.25) is 0 Å². The summed E-state index contributed by atoms with van der Waals surface area (Å²) in [6.07, 6.45) is 2.28. The molecule has 0 aliphatic rings. The molecule has 1 aromatic carbocycles. The van der Waals surface area contributed by atoms with Crippen molar-refractivity contribution in [3.05, 3.63) is 52.7 Å². The summed E-state index contributed by atoms with van der Waals surface area (Å²) in [5.41, 5.74) is 1.10. The molecule has 3 heterocycles. The van der Waals surface area contributed by atoms with Crippen LogP contribution in [0.15, 0.2) is 51.6 Å². The Morgan fingerprint density at radius 3 is 2.79 bits per heavy atom. The number of H-pyrrole nitrogens is 2. The number of aromatic amines is 2. The van der Waals surface area contributed by atoms with Gasteiger partial charge in [-0.05, 0) is 23.9 Å². The Morgan fingerprint density at radius 1 is 1.21 bits per heavy atom. The Balaban J connectivity index is 1.79. The van der Waals surface area contributed by atoms with Crippen molar-refractivity contribution in [2.75, 3.05) is 0 Å². The minimum atomic E-state index is -0.240. The fourth-order valence-electron chi connectivity index (χ4n) is 2.27. The topological polar surface area (TPSA) is 105 Å².